The highest BCUT2D eigenvalue weighted by molar-refractivity contribution is 5.97. The molecule has 0 unspecified atom stereocenters. The average molecular weight is 311 g/mol. The number of rotatable bonds is 5. The van der Waals surface area contributed by atoms with Gasteiger partial charge in [-0.05, 0) is 29.8 Å². The number of ketones is 1. The van der Waals surface area contributed by atoms with E-state index in [4.69, 9.17) is 9.15 Å². The molecule has 0 bridgehead atoms. The topological polar surface area (TPSA) is 82.6 Å². The Morgan fingerprint density at radius 1 is 1.22 bits per heavy atom. The Kier molecular flexibility index (Phi) is 3.80. The number of carbonyl (C=O) groups is 1. The van der Waals surface area contributed by atoms with Gasteiger partial charge in [0, 0.05) is 24.4 Å². The second-order valence-corrected chi connectivity index (χ2v) is 5.05. The lowest BCUT2D eigenvalue weighted by atomic mass is 10.2. The Hall–Kier alpha value is -3.15. The fourth-order valence-corrected chi connectivity index (χ4v) is 2.20. The monoisotopic (exact) mass is 311 g/mol. The zero-order valence-corrected chi connectivity index (χ0v) is 12.3. The smallest absolute Gasteiger partial charge is 0.269 e. The molecule has 23 heavy (non-hydrogen) atoms. The predicted octanol–water partition coefficient (Wildman–Crippen LogP) is 4.12. The van der Waals surface area contributed by atoms with Crippen molar-refractivity contribution in [2.24, 2.45) is 0 Å². The van der Waals surface area contributed by atoms with E-state index in [2.05, 4.69) is 0 Å². The van der Waals surface area contributed by atoms with Gasteiger partial charge in [0.05, 0.1) is 4.92 Å². The zero-order chi connectivity index (χ0) is 16.4. The minimum Gasteiger partial charge on any atom is -0.485 e. The average Bonchev–Trinajstić information content (AvgIpc) is 2.98. The number of hydrogen-bond donors (Lipinski definition) is 0. The minimum atomic E-state index is -0.447. The van der Waals surface area contributed by atoms with E-state index in [-0.39, 0.29) is 23.8 Å². The summed E-state index contributed by atoms with van der Waals surface area (Å²) in [4.78, 5) is 21.6. The van der Waals surface area contributed by atoms with E-state index in [0.29, 0.717) is 11.3 Å². The third-order valence-electron chi connectivity index (χ3n) is 3.40. The van der Waals surface area contributed by atoms with Crippen molar-refractivity contribution in [2.45, 2.75) is 13.5 Å². The van der Waals surface area contributed by atoms with Crippen molar-refractivity contribution < 1.29 is 18.9 Å². The van der Waals surface area contributed by atoms with Crippen LogP contribution in [0.2, 0.25) is 0 Å². The van der Waals surface area contributed by atoms with Gasteiger partial charge in [-0.3, -0.25) is 14.9 Å². The first-order chi connectivity index (χ1) is 11.0. The first-order valence-corrected chi connectivity index (χ1v) is 6.94. The molecule has 0 aliphatic rings. The number of nitrogens with zero attached hydrogens (tertiary/aromatic N) is 1. The van der Waals surface area contributed by atoms with Crippen molar-refractivity contribution in [1.29, 1.82) is 0 Å². The van der Waals surface area contributed by atoms with Crippen molar-refractivity contribution >= 4 is 22.4 Å². The van der Waals surface area contributed by atoms with Gasteiger partial charge < -0.3 is 9.15 Å². The van der Waals surface area contributed by atoms with Gasteiger partial charge in [-0.2, -0.15) is 0 Å². The van der Waals surface area contributed by atoms with Gasteiger partial charge in [-0.25, -0.2) is 0 Å². The van der Waals surface area contributed by atoms with Crippen LogP contribution in [0.25, 0.3) is 11.0 Å². The van der Waals surface area contributed by atoms with Crippen LogP contribution < -0.4 is 4.74 Å². The van der Waals surface area contributed by atoms with E-state index in [1.165, 1.54) is 19.1 Å². The molecule has 6 nitrogen and oxygen atoms in total. The molecular formula is C17H13NO5. The maximum absolute atomic E-state index is 11.4. The van der Waals surface area contributed by atoms with Crippen molar-refractivity contribution in [2.75, 3.05) is 0 Å². The van der Waals surface area contributed by atoms with Crippen molar-refractivity contribution in [3.05, 3.63) is 70.0 Å². The summed E-state index contributed by atoms with van der Waals surface area (Å²) >= 11 is 0. The van der Waals surface area contributed by atoms with Gasteiger partial charge in [0.1, 0.15) is 6.61 Å². The standard InChI is InChI=1S/C17H13NO5/c1-11(19)16-9-13-3-2-4-15(17(13)23-16)22-10-12-5-7-14(8-6-12)18(20)21/h2-9H,10H2,1H3. The molecule has 0 saturated carbocycles. The van der Waals surface area contributed by atoms with Crippen LogP contribution in [0, 0.1) is 10.1 Å². The van der Waals surface area contributed by atoms with Crippen molar-refractivity contribution in [1.82, 2.24) is 0 Å². The van der Waals surface area contributed by atoms with E-state index in [1.54, 1.807) is 24.3 Å². The Balaban J connectivity index is 1.81. The minimum absolute atomic E-state index is 0.0352. The molecule has 0 saturated heterocycles. The van der Waals surface area contributed by atoms with Gasteiger partial charge >= 0.3 is 0 Å². The first-order valence-electron chi connectivity index (χ1n) is 6.94. The third kappa shape index (κ3) is 3.06. The number of nitro benzene ring substituents is 1. The van der Waals surface area contributed by atoms with Crippen molar-refractivity contribution in [3.8, 4) is 5.75 Å². The van der Waals surface area contributed by atoms with Crippen LogP contribution in [0.4, 0.5) is 5.69 Å². The second kappa shape index (κ2) is 5.92. The summed E-state index contributed by atoms with van der Waals surface area (Å²) in [5, 5.41) is 11.4. The van der Waals surface area contributed by atoms with Gasteiger partial charge in [-0.1, -0.05) is 12.1 Å². The van der Waals surface area contributed by atoms with Crippen LogP contribution in [0.15, 0.2) is 52.9 Å². The van der Waals surface area contributed by atoms with Crippen LogP contribution in [0.3, 0.4) is 0 Å². The summed E-state index contributed by atoms with van der Waals surface area (Å²) in [6.07, 6.45) is 0. The lowest BCUT2D eigenvalue weighted by Crippen LogP contribution is -1.96. The van der Waals surface area contributed by atoms with Gasteiger partial charge in [0.15, 0.2) is 22.9 Å². The van der Waals surface area contributed by atoms with Crippen LogP contribution in [-0.2, 0) is 6.61 Å². The van der Waals surface area contributed by atoms with Crippen LogP contribution in [-0.4, -0.2) is 10.7 Å². The lowest BCUT2D eigenvalue weighted by Gasteiger charge is -2.06. The highest BCUT2D eigenvalue weighted by atomic mass is 16.6. The Morgan fingerprint density at radius 3 is 2.61 bits per heavy atom. The Bertz CT molecular complexity index is 880. The molecule has 0 atom stereocenters. The first kappa shape index (κ1) is 14.8. The number of para-hydroxylation sites is 1. The number of fused-ring (bicyclic) bond motifs is 1. The van der Waals surface area contributed by atoms with E-state index in [9.17, 15) is 14.9 Å². The number of Topliss-reactive ketones (excluding diaryl/α,β-unsaturated/α-hetero) is 1. The van der Waals surface area contributed by atoms with Gasteiger partial charge in [0.2, 0.25) is 0 Å². The van der Waals surface area contributed by atoms with Gasteiger partial charge in [-0.15, -0.1) is 0 Å². The third-order valence-corrected chi connectivity index (χ3v) is 3.40. The van der Waals surface area contributed by atoms with E-state index >= 15 is 0 Å². The lowest BCUT2D eigenvalue weighted by molar-refractivity contribution is -0.384. The number of non-ortho nitro benzene ring substituents is 1. The number of carbonyl (C=O) groups excluding carboxylic acids is 1. The highest BCUT2D eigenvalue weighted by Crippen LogP contribution is 2.29. The number of benzene rings is 2. The molecule has 0 radical (unpaired) electrons. The Labute approximate surface area is 131 Å². The summed E-state index contributed by atoms with van der Waals surface area (Å²) < 4.78 is 11.3. The maximum atomic E-state index is 11.4. The number of ether oxygens (including phenoxy) is 1. The molecule has 0 aliphatic carbocycles. The molecule has 0 N–H and O–H groups in total. The molecule has 3 rings (SSSR count). The Morgan fingerprint density at radius 2 is 1.96 bits per heavy atom. The fraction of sp³-hybridized carbons (Fsp3) is 0.118. The molecule has 1 aromatic heterocycles. The number of nitro groups is 1. The molecule has 0 spiro atoms. The highest BCUT2D eigenvalue weighted by Gasteiger charge is 2.12. The second-order valence-electron chi connectivity index (χ2n) is 5.05. The van der Waals surface area contributed by atoms with E-state index in [0.717, 1.165) is 10.9 Å². The fourth-order valence-electron chi connectivity index (χ4n) is 2.20. The molecule has 0 fully saturated rings. The molecule has 3 aromatic rings. The summed E-state index contributed by atoms with van der Waals surface area (Å²) in [6.45, 7) is 1.68. The summed E-state index contributed by atoms with van der Waals surface area (Å²) in [7, 11) is 0. The maximum Gasteiger partial charge on any atom is 0.269 e. The van der Waals surface area contributed by atoms with Crippen molar-refractivity contribution in [3.63, 3.8) is 0 Å². The molecule has 6 heteroatoms. The quantitative estimate of drug-likeness (QED) is 0.402. The summed E-state index contributed by atoms with van der Waals surface area (Å²) in [6, 6.07) is 13.2. The SMILES string of the molecule is CC(=O)c1cc2cccc(OCc3ccc([N+](=O)[O-])cc3)c2o1. The largest absolute Gasteiger partial charge is 0.485 e. The van der Waals surface area contributed by atoms with Crippen LogP contribution in [0.5, 0.6) is 5.75 Å². The van der Waals surface area contributed by atoms with Crippen LogP contribution in [0.1, 0.15) is 23.0 Å². The molecule has 1 heterocycles. The molecule has 0 aliphatic heterocycles. The predicted molar refractivity (Wildman–Crippen MR) is 83.6 cm³/mol. The van der Waals surface area contributed by atoms with Gasteiger partial charge in [0.25, 0.3) is 5.69 Å². The summed E-state index contributed by atoms with van der Waals surface area (Å²) in [5.41, 5.74) is 1.35. The van der Waals surface area contributed by atoms with Crippen LogP contribution >= 0.6 is 0 Å². The normalized spacial score (nSPS) is 10.7. The number of hydrogen-bond acceptors (Lipinski definition) is 5. The molecule has 2 aromatic carbocycles. The molecular weight excluding hydrogens is 298 g/mol. The van der Waals surface area contributed by atoms with E-state index in [1.807, 2.05) is 12.1 Å². The van der Waals surface area contributed by atoms with E-state index < -0.39 is 4.92 Å². The summed E-state index contributed by atoms with van der Waals surface area (Å²) in [5.74, 6) is 0.655. The molecule has 116 valence electrons. The number of furan rings is 1. The zero-order valence-electron chi connectivity index (χ0n) is 12.3. The molecule has 0 amide bonds.